The van der Waals surface area contributed by atoms with Crippen LogP contribution in [0.5, 0.6) is 0 Å². The molecule has 0 amide bonds. The number of para-hydroxylation sites is 1. The number of nitrogens with one attached hydrogen (secondary N) is 1. The number of fused-ring (bicyclic) bond motifs is 3. The Hall–Kier alpha value is -2.30. The van der Waals surface area contributed by atoms with E-state index in [0.29, 0.717) is 16.4 Å². The summed E-state index contributed by atoms with van der Waals surface area (Å²) in [6, 6.07) is 15.2. The van der Waals surface area contributed by atoms with Gasteiger partial charge in [0.1, 0.15) is 17.4 Å². The number of hydrogen-bond acceptors (Lipinski definition) is 4. The molecule has 0 aliphatic rings. The normalized spacial score (nSPS) is 10.6. The van der Waals surface area contributed by atoms with Crippen molar-refractivity contribution in [1.82, 2.24) is 9.97 Å². The lowest BCUT2D eigenvalue weighted by atomic mass is 10.2. The molecule has 0 fully saturated rings. The van der Waals surface area contributed by atoms with Crippen LogP contribution in [0, 0.1) is 0 Å². The zero-order valence-electron chi connectivity index (χ0n) is 11.3. The number of nitrogens with zero attached hydrogens (tertiary/aromatic N) is 2. The van der Waals surface area contributed by atoms with E-state index in [9.17, 15) is 0 Å². The van der Waals surface area contributed by atoms with Gasteiger partial charge in [-0.1, -0.05) is 29.8 Å². The molecule has 0 saturated heterocycles. The molecule has 0 radical (unpaired) electrons. The highest BCUT2D eigenvalue weighted by molar-refractivity contribution is 6.30. The summed E-state index contributed by atoms with van der Waals surface area (Å²) >= 11 is 6.00. The minimum Gasteiger partial charge on any atom is -0.450 e. The van der Waals surface area contributed by atoms with Crippen molar-refractivity contribution in [1.29, 1.82) is 0 Å². The molecule has 0 spiro atoms. The van der Waals surface area contributed by atoms with Crippen LogP contribution < -0.4 is 5.32 Å². The standard InChI is InChI=1S/C16H10ClN3O.ClH/c17-10-4-3-5-11(8-10)20-16-15-14(18-9-19-16)12-6-1-2-7-13(12)21-15;/h1-9H,(H,18,19,20);1H. The molecule has 6 heteroatoms. The predicted octanol–water partition coefficient (Wildman–Crippen LogP) is 5.19. The summed E-state index contributed by atoms with van der Waals surface area (Å²) in [5.74, 6) is 0.624. The van der Waals surface area contributed by atoms with Crippen molar-refractivity contribution in [2.75, 3.05) is 5.32 Å². The molecule has 0 aliphatic carbocycles. The molecule has 4 rings (SSSR count). The van der Waals surface area contributed by atoms with Crippen molar-refractivity contribution in [3.63, 3.8) is 0 Å². The fourth-order valence-corrected chi connectivity index (χ4v) is 2.51. The van der Waals surface area contributed by atoms with Crippen LogP contribution >= 0.6 is 24.0 Å². The fraction of sp³-hybridized carbons (Fsp3) is 0. The smallest absolute Gasteiger partial charge is 0.196 e. The highest BCUT2D eigenvalue weighted by atomic mass is 35.5. The van der Waals surface area contributed by atoms with Crippen molar-refractivity contribution in [3.05, 3.63) is 59.9 Å². The Kier molecular flexibility index (Phi) is 3.88. The van der Waals surface area contributed by atoms with E-state index in [0.717, 1.165) is 22.2 Å². The topological polar surface area (TPSA) is 51.0 Å². The highest BCUT2D eigenvalue weighted by Crippen LogP contribution is 2.31. The monoisotopic (exact) mass is 331 g/mol. The van der Waals surface area contributed by atoms with Gasteiger partial charge in [-0.05, 0) is 30.3 Å². The van der Waals surface area contributed by atoms with Gasteiger partial charge in [0.15, 0.2) is 11.4 Å². The van der Waals surface area contributed by atoms with Crippen LogP contribution in [-0.4, -0.2) is 9.97 Å². The van der Waals surface area contributed by atoms with Crippen molar-refractivity contribution in [2.45, 2.75) is 0 Å². The zero-order chi connectivity index (χ0) is 14.2. The number of benzene rings is 2. The largest absolute Gasteiger partial charge is 0.450 e. The Morgan fingerprint density at radius 1 is 1.00 bits per heavy atom. The molecule has 0 unspecified atom stereocenters. The maximum absolute atomic E-state index is 6.00. The number of anilines is 2. The van der Waals surface area contributed by atoms with E-state index >= 15 is 0 Å². The number of halogens is 2. The van der Waals surface area contributed by atoms with E-state index in [1.54, 1.807) is 0 Å². The Morgan fingerprint density at radius 2 is 1.86 bits per heavy atom. The molecule has 1 N–H and O–H groups in total. The quantitative estimate of drug-likeness (QED) is 0.548. The van der Waals surface area contributed by atoms with Crippen LogP contribution in [0.3, 0.4) is 0 Å². The minimum absolute atomic E-state index is 0. The van der Waals surface area contributed by atoms with Crippen LogP contribution in [0.15, 0.2) is 59.3 Å². The molecule has 4 aromatic rings. The summed E-state index contributed by atoms with van der Waals surface area (Å²) in [5, 5.41) is 4.86. The van der Waals surface area contributed by atoms with E-state index in [4.69, 9.17) is 16.0 Å². The Labute approximate surface area is 137 Å². The fourth-order valence-electron chi connectivity index (χ4n) is 2.32. The SMILES string of the molecule is Cl.Clc1cccc(Nc2ncnc3c2oc2ccccc23)c1. The molecule has 0 aliphatic heterocycles. The third-order valence-electron chi connectivity index (χ3n) is 3.25. The van der Waals surface area contributed by atoms with Crippen molar-refractivity contribution >= 4 is 57.6 Å². The van der Waals surface area contributed by atoms with E-state index in [1.807, 2.05) is 48.5 Å². The first-order valence-corrected chi connectivity index (χ1v) is 6.84. The first-order chi connectivity index (χ1) is 10.3. The van der Waals surface area contributed by atoms with Crippen LogP contribution in [0.25, 0.3) is 22.1 Å². The molecular formula is C16H11Cl2N3O. The predicted molar refractivity (Wildman–Crippen MR) is 91.3 cm³/mol. The van der Waals surface area contributed by atoms with Gasteiger partial charge < -0.3 is 9.73 Å². The Balaban J connectivity index is 0.00000144. The third kappa shape index (κ3) is 2.47. The molecule has 2 aromatic carbocycles. The van der Waals surface area contributed by atoms with E-state index < -0.39 is 0 Å². The van der Waals surface area contributed by atoms with Gasteiger partial charge >= 0.3 is 0 Å². The second kappa shape index (κ2) is 5.83. The molecule has 2 aromatic heterocycles. The van der Waals surface area contributed by atoms with Gasteiger partial charge in [-0.25, -0.2) is 9.97 Å². The summed E-state index contributed by atoms with van der Waals surface area (Å²) in [6.45, 7) is 0. The number of rotatable bonds is 2. The van der Waals surface area contributed by atoms with Gasteiger partial charge in [-0.15, -0.1) is 12.4 Å². The molecule has 0 saturated carbocycles. The Bertz CT molecular complexity index is 952. The lowest BCUT2D eigenvalue weighted by Gasteiger charge is -2.05. The van der Waals surface area contributed by atoms with Gasteiger partial charge in [0.25, 0.3) is 0 Å². The second-order valence-electron chi connectivity index (χ2n) is 4.63. The highest BCUT2D eigenvalue weighted by Gasteiger charge is 2.12. The molecule has 4 nitrogen and oxygen atoms in total. The van der Waals surface area contributed by atoms with Gasteiger partial charge in [0.05, 0.1) is 0 Å². The Morgan fingerprint density at radius 3 is 2.73 bits per heavy atom. The van der Waals surface area contributed by atoms with Crippen LogP contribution in [0.2, 0.25) is 5.02 Å². The third-order valence-corrected chi connectivity index (χ3v) is 3.48. The number of hydrogen-bond donors (Lipinski definition) is 1. The molecule has 22 heavy (non-hydrogen) atoms. The lowest BCUT2D eigenvalue weighted by molar-refractivity contribution is 0.667. The van der Waals surface area contributed by atoms with Gasteiger partial charge in [0, 0.05) is 16.1 Å². The summed E-state index contributed by atoms with van der Waals surface area (Å²) in [4.78, 5) is 8.59. The minimum atomic E-state index is 0. The van der Waals surface area contributed by atoms with Crippen LogP contribution in [0.1, 0.15) is 0 Å². The first-order valence-electron chi connectivity index (χ1n) is 6.46. The lowest BCUT2D eigenvalue weighted by Crippen LogP contribution is -1.94. The van der Waals surface area contributed by atoms with Gasteiger partial charge in [0.2, 0.25) is 0 Å². The summed E-state index contributed by atoms with van der Waals surface area (Å²) in [6.07, 6.45) is 1.52. The molecule has 2 heterocycles. The van der Waals surface area contributed by atoms with Crippen molar-refractivity contribution in [2.24, 2.45) is 0 Å². The number of aromatic nitrogens is 2. The van der Waals surface area contributed by atoms with Gasteiger partial charge in [-0.2, -0.15) is 0 Å². The van der Waals surface area contributed by atoms with E-state index in [1.165, 1.54) is 6.33 Å². The molecule has 0 atom stereocenters. The maximum atomic E-state index is 6.00. The second-order valence-corrected chi connectivity index (χ2v) is 5.07. The van der Waals surface area contributed by atoms with E-state index in [2.05, 4.69) is 15.3 Å². The zero-order valence-corrected chi connectivity index (χ0v) is 12.9. The summed E-state index contributed by atoms with van der Waals surface area (Å²) in [7, 11) is 0. The van der Waals surface area contributed by atoms with Crippen molar-refractivity contribution in [3.8, 4) is 0 Å². The molecular weight excluding hydrogens is 321 g/mol. The molecule has 110 valence electrons. The van der Waals surface area contributed by atoms with Crippen molar-refractivity contribution < 1.29 is 4.42 Å². The van der Waals surface area contributed by atoms with Crippen LogP contribution in [0.4, 0.5) is 11.5 Å². The summed E-state index contributed by atoms with van der Waals surface area (Å²) in [5.41, 5.74) is 3.08. The van der Waals surface area contributed by atoms with Crippen LogP contribution in [-0.2, 0) is 0 Å². The van der Waals surface area contributed by atoms with E-state index in [-0.39, 0.29) is 12.4 Å². The maximum Gasteiger partial charge on any atom is 0.196 e. The number of furan rings is 1. The first kappa shape index (κ1) is 14.6. The van der Waals surface area contributed by atoms with Gasteiger partial charge in [-0.3, -0.25) is 0 Å². The average molecular weight is 332 g/mol. The average Bonchev–Trinajstić information content (AvgIpc) is 2.87. The molecule has 0 bridgehead atoms. The summed E-state index contributed by atoms with van der Waals surface area (Å²) < 4.78 is 5.87.